The third-order valence-corrected chi connectivity index (χ3v) is 7.62. The smallest absolute Gasteiger partial charge is 0.240 e. The highest BCUT2D eigenvalue weighted by Gasteiger charge is 2.51. The molecule has 5 rings (SSSR count). The Labute approximate surface area is 192 Å². The van der Waals surface area contributed by atoms with Gasteiger partial charge in [0.15, 0.2) is 11.5 Å². The minimum Gasteiger partial charge on any atom is -0.454 e. The zero-order valence-electron chi connectivity index (χ0n) is 18.1. The first-order valence-electron chi connectivity index (χ1n) is 10.8. The Hall–Kier alpha value is -3.36. The van der Waals surface area contributed by atoms with Crippen LogP contribution in [0.1, 0.15) is 25.3 Å². The van der Waals surface area contributed by atoms with Gasteiger partial charge in [-0.15, -0.1) is 0 Å². The molecule has 0 spiro atoms. The van der Waals surface area contributed by atoms with Crippen molar-refractivity contribution in [2.75, 3.05) is 18.7 Å². The zero-order chi connectivity index (χ0) is 23.1. The van der Waals surface area contributed by atoms with Crippen molar-refractivity contribution < 1.29 is 22.7 Å². The molecule has 0 aromatic heterocycles. The van der Waals surface area contributed by atoms with Gasteiger partial charge in [0.1, 0.15) is 0 Å². The molecule has 1 amide bonds. The Bertz CT molecular complexity index is 1310. The van der Waals surface area contributed by atoms with E-state index in [-0.39, 0.29) is 17.6 Å². The number of sulfonamides is 1. The number of hydrogen-bond donors (Lipinski definition) is 2. The minimum absolute atomic E-state index is 0.0504. The van der Waals surface area contributed by atoms with Crippen LogP contribution in [-0.4, -0.2) is 27.7 Å². The third kappa shape index (κ3) is 4.07. The standard InChI is InChI=1S/C25H24N2O5S/c1-2-26-33(29,30)21-9-6-17(7-10-21)18-4-3-5-20(14-18)27-24(28)25(12-13-25)19-8-11-22-23(15-19)32-16-31-22/h3-11,14-15,26H,2,12-13,16H2,1H3,(H,27,28). The van der Waals surface area contributed by atoms with Crippen molar-refractivity contribution in [3.8, 4) is 22.6 Å². The van der Waals surface area contributed by atoms with Gasteiger partial charge in [-0.25, -0.2) is 13.1 Å². The summed E-state index contributed by atoms with van der Waals surface area (Å²) in [5.41, 5.74) is 2.80. The summed E-state index contributed by atoms with van der Waals surface area (Å²) in [5.74, 6) is 1.32. The zero-order valence-corrected chi connectivity index (χ0v) is 18.9. The first kappa shape index (κ1) is 21.5. The lowest BCUT2D eigenvalue weighted by Crippen LogP contribution is -2.27. The number of carbonyl (C=O) groups excluding carboxylic acids is 1. The van der Waals surface area contributed by atoms with Gasteiger partial charge in [0.05, 0.1) is 10.3 Å². The third-order valence-electron chi connectivity index (χ3n) is 6.06. The first-order valence-corrected chi connectivity index (χ1v) is 12.3. The van der Waals surface area contributed by atoms with Gasteiger partial charge >= 0.3 is 0 Å². The predicted octanol–water partition coefficient (Wildman–Crippen LogP) is 4.05. The van der Waals surface area contributed by atoms with Gasteiger partial charge < -0.3 is 14.8 Å². The molecular formula is C25H24N2O5S. The lowest BCUT2D eigenvalue weighted by atomic mass is 9.94. The van der Waals surface area contributed by atoms with Crippen LogP contribution in [0.25, 0.3) is 11.1 Å². The van der Waals surface area contributed by atoms with E-state index in [1.807, 2.05) is 42.5 Å². The maximum Gasteiger partial charge on any atom is 0.240 e. The molecule has 1 fully saturated rings. The van der Waals surface area contributed by atoms with Crippen molar-refractivity contribution >= 4 is 21.6 Å². The van der Waals surface area contributed by atoms with Crippen molar-refractivity contribution in [1.82, 2.24) is 4.72 Å². The van der Waals surface area contributed by atoms with Crippen LogP contribution in [0.4, 0.5) is 5.69 Å². The molecule has 3 aromatic rings. The second-order valence-corrected chi connectivity index (χ2v) is 9.98. The van der Waals surface area contributed by atoms with Crippen LogP contribution < -0.4 is 19.5 Å². The van der Waals surface area contributed by atoms with E-state index in [2.05, 4.69) is 10.0 Å². The van der Waals surface area contributed by atoms with E-state index in [9.17, 15) is 13.2 Å². The van der Waals surface area contributed by atoms with Crippen LogP contribution in [-0.2, 0) is 20.2 Å². The number of nitrogens with one attached hydrogen (secondary N) is 2. The molecule has 1 aliphatic carbocycles. The Morgan fingerprint density at radius 3 is 2.42 bits per heavy atom. The molecular weight excluding hydrogens is 440 g/mol. The summed E-state index contributed by atoms with van der Waals surface area (Å²) in [4.78, 5) is 13.4. The Morgan fingerprint density at radius 2 is 1.70 bits per heavy atom. The molecule has 1 saturated carbocycles. The second kappa shape index (κ2) is 8.20. The number of amides is 1. The molecule has 0 atom stereocenters. The molecule has 1 heterocycles. The van der Waals surface area contributed by atoms with Gasteiger partial charge in [-0.1, -0.05) is 37.3 Å². The van der Waals surface area contributed by atoms with Crippen LogP contribution in [0.15, 0.2) is 71.6 Å². The van der Waals surface area contributed by atoms with E-state index in [1.165, 1.54) is 0 Å². The molecule has 0 radical (unpaired) electrons. The van der Waals surface area contributed by atoms with Gasteiger partial charge in [-0.3, -0.25) is 4.79 Å². The number of carbonyl (C=O) groups is 1. The van der Waals surface area contributed by atoms with Crippen LogP contribution >= 0.6 is 0 Å². The molecule has 33 heavy (non-hydrogen) atoms. The van der Waals surface area contributed by atoms with E-state index in [0.29, 0.717) is 23.7 Å². The molecule has 0 unspecified atom stereocenters. The lowest BCUT2D eigenvalue weighted by molar-refractivity contribution is -0.118. The average Bonchev–Trinajstić information content (AvgIpc) is 3.50. The molecule has 0 bridgehead atoms. The quantitative estimate of drug-likeness (QED) is 0.550. The minimum atomic E-state index is -3.50. The van der Waals surface area contributed by atoms with Crippen molar-refractivity contribution in [2.45, 2.75) is 30.1 Å². The van der Waals surface area contributed by atoms with Crippen LogP contribution in [0.2, 0.25) is 0 Å². The Kier molecular flexibility index (Phi) is 5.34. The highest BCUT2D eigenvalue weighted by molar-refractivity contribution is 7.89. The van der Waals surface area contributed by atoms with E-state index in [4.69, 9.17) is 9.47 Å². The van der Waals surface area contributed by atoms with Crippen molar-refractivity contribution in [3.63, 3.8) is 0 Å². The van der Waals surface area contributed by atoms with E-state index >= 15 is 0 Å². The second-order valence-electron chi connectivity index (χ2n) is 8.21. The van der Waals surface area contributed by atoms with Crippen molar-refractivity contribution in [1.29, 1.82) is 0 Å². The Morgan fingerprint density at radius 1 is 0.939 bits per heavy atom. The summed E-state index contributed by atoms with van der Waals surface area (Å²) in [5, 5.41) is 3.06. The average molecular weight is 465 g/mol. The molecule has 3 aromatic carbocycles. The molecule has 7 nitrogen and oxygen atoms in total. The Balaban J connectivity index is 1.34. The van der Waals surface area contributed by atoms with Gasteiger partial charge in [-0.05, 0) is 65.9 Å². The van der Waals surface area contributed by atoms with E-state index < -0.39 is 15.4 Å². The maximum atomic E-state index is 13.2. The van der Waals surface area contributed by atoms with Gasteiger partial charge in [0.2, 0.25) is 22.7 Å². The van der Waals surface area contributed by atoms with Crippen LogP contribution in [0.3, 0.4) is 0 Å². The summed E-state index contributed by atoms with van der Waals surface area (Å²) in [6, 6.07) is 19.9. The molecule has 2 N–H and O–H groups in total. The molecule has 1 aliphatic heterocycles. The molecule has 8 heteroatoms. The number of fused-ring (bicyclic) bond motifs is 1. The molecule has 170 valence electrons. The highest BCUT2D eigenvalue weighted by atomic mass is 32.2. The fourth-order valence-corrected chi connectivity index (χ4v) is 5.13. The van der Waals surface area contributed by atoms with E-state index in [1.54, 1.807) is 31.2 Å². The van der Waals surface area contributed by atoms with Crippen molar-refractivity contribution in [3.05, 3.63) is 72.3 Å². The summed E-state index contributed by atoms with van der Waals surface area (Å²) in [7, 11) is -3.50. The topological polar surface area (TPSA) is 93.7 Å². The van der Waals surface area contributed by atoms with Crippen molar-refractivity contribution in [2.24, 2.45) is 0 Å². The fourth-order valence-electron chi connectivity index (χ4n) is 4.09. The van der Waals surface area contributed by atoms with Crippen LogP contribution in [0, 0.1) is 0 Å². The molecule has 0 saturated heterocycles. The number of anilines is 1. The maximum absolute atomic E-state index is 13.2. The van der Waals surface area contributed by atoms with Gasteiger partial charge in [-0.2, -0.15) is 0 Å². The fraction of sp³-hybridized carbons (Fsp3) is 0.240. The van der Waals surface area contributed by atoms with Crippen LogP contribution in [0.5, 0.6) is 11.5 Å². The highest BCUT2D eigenvalue weighted by Crippen LogP contribution is 2.51. The summed E-state index contributed by atoms with van der Waals surface area (Å²) < 4.78 is 37.7. The monoisotopic (exact) mass is 464 g/mol. The molecule has 2 aliphatic rings. The largest absolute Gasteiger partial charge is 0.454 e. The summed E-state index contributed by atoms with van der Waals surface area (Å²) >= 11 is 0. The number of benzene rings is 3. The number of ether oxygens (including phenoxy) is 2. The SMILES string of the molecule is CCNS(=O)(=O)c1ccc(-c2cccc(NC(=O)C3(c4ccc5c(c4)OCO5)CC3)c2)cc1. The van der Waals surface area contributed by atoms with E-state index in [0.717, 1.165) is 29.5 Å². The van der Waals surface area contributed by atoms with Gasteiger partial charge in [0, 0.05) is 12.2 Å². The summed E-state index contributed by atoms with van der Waals surface area (Å²) in [6.45, 7) is 2.27. The van der Waals surface area contributed by atoms with Gasteiger partial charge in [0.25, 0.3) is 0 Å². The predicted molar refractivity (Wildman–Crippen MR) is 125 cm³/mol. The normalized spacial score (nSPS) is 15.8. The summed E-state index contributed by atoms with van der Waals surface area (Å²) in [6.07, 6.45) is 1.56. The number of rotatable bonds is 7. The number of hydrogen-bond acceptors (Lipinski definition) is 5. The first-order chi connectivity index (χ1) is 15.9. The lowest BCUT2D eigenvalue weighted by Gasteiger charge is -2.17.